The van der Waals surface area contributed by atoms with E-state index in [-0.39, 0.29) is 5.91 Å². The van der Waals surface area contributed by atoms with Crippen LogP contribution in [0.5, 0.6) is 0 Å². The van der Waals surface area contributed by atoms with Crippen molar-refractivity contribution in [2.45, 2.75) is 39.2 Å². The molecule has 0 spiro atoms. The van der Waals surface area contributed by atoms with Gasteiger partial charge in [0, 0.05) is 17.8 Å². The summed E-state index contributed by atoms with van der Waals surface area (Å²) in [6, 6.07) is 14.9. The second-order valence-corrected chi connectivity index (χ2v) is 6.82. The van der Waals surface area contributed by atoms with E-state index in [0.29, 0.717) is 22.9 Å². The molecular weight excluding hydrogens is 368 g/mol. The van der Waals surface area contributed by atoms with Crippen LogP contribution in [0.3, 0.4) is 0 Å². The van der Waals surface area contributed by atoms with Crippen LogP contribution in [0.4, 0.5) is 5.69 Å². The first-order valence-electron chi connectivity index (χ1n) is 9.62. The summed E-state index contributed by atoms with van der Waals surface area (Å²) in [5.41, 5.74) is 3.12. The summed E-state index contributed by atoms with van der Waals surface area (Å²) in [5.74, 6) is -0.430. The molecule has 0 fully saturated rings. The maximum Gasteiger partial charge on any atom is 0.331 e. The molecule has 6 heteroatoms. The normalized spacial score (nSPS) is 13.3. The third-order valence-electron chi connectivity index (χ3n) is 4.70. The van der Waals surface area contributed by atoms with E-state index >= 15 is 0 Å². The largest absolute Gasteiger partial charge is 0.449 e. The molecule has 0 aliphatic carbocycles. The molecule has 1 amide bonds. The number of rotatable bonds is 7. The summed E-state index contributed by atoms with van der Waals surface area (Å²) in [5, 5.41) is 2.85. The van der Waals surface area contributed by atoms with Crippen LogP contribution in [-0.2, 0) is 14.3 Å². The van der Waals surface area contributed by atoms with Gasteiger partial charge in [-0.15, -0.1) is 0 Å². The van der Waals surface area contributed by atoms with Crippen molar-refractivity contribution in [1.82, 2.24) is 4.98 Å². The summed E-state index contributed by atoms with van der Waals surface area (Å²) in [6.45, 7) is 5.73. The lowest BCUT2D eigenvalue weighted by Gasteiger charge is -2.17. The van der Waals surface area contributed by atoms with E-state index in [9.17, 15) is 9.59 Å². The molecule has 1 N–H and O–H groups in total. The zero-order chi connectivity index (χ0) is 20.8. The Hall–Kier alpha value is -3.41. The fourth-order valence-electron chi connectivity index (χ4n) is 2.86. The van der Waals surface area contributed by atoms with Gasteiger partial charge in [0.1, 0.15) is 5.52 Å². The summed E-state index contributed by atoms with van der Waals surface area (Å²) in [4.78, 5) is 28.8. The van der Waals surface area contributed by atoms with Crippen molar-refractivity contribution in [2.24, 2.45) is 0 Å². The molecule has 3 aromatic rings. The number of fused-ring (bicyclic) bond motifs is 1. The van der Waals surface area contributed by atoms with Gasteiger partial charge in [-0.1, -0.05) is 44.2 Å². The zero-order valence-electron chi connectivity index (χ0n) is 16.7. The second-order valence-electron chi connectivity index (χ2n) is 6.82. The molecule has 0 aliphatic rings. The molecule has 1 heterocycles. The van der Waals surface area contributed by atoms with Gasteiger partial charge in [0.2, 0.25) is 5.89 Å². The van der Waals surface area contributed by atoms with Crippen molar-refractivity contribution >= 4 is 34.7 Å². The predicted molar refractivity (Wildman–Crippen MR) is 112 cm³/mol. The fourth-order valence-corrected chi connectivity index (χ4v) is 2.86. The Bertz CT molecular complexity index is 1010. The average Bonchev–Trinajstić information content (AvgIpc) is 3.15. The van der Waals surface area contributed by atoms with Gasteiger partial charge in [-0.05, 0) is 43.0 Å². The number of hydrogen-bond donors (Lipinski definition) is 1. The number of aromatic nitrogens is 1. The number of oxazole rings is 1. The highest BCUT2D eigenvalue weighted by atomic mass is 16.5. The van der Waals surface area contributed by atoms with Crippen LogP contribution in [0, 0.1) is 0 Å². The minimum atomic E-state index is -0.944. The molecule has 0 radical (unpaired) electrons. The lowest BCUT2D eigenvalue weighted by Crippen LogP contribution is -2.29. The van der Waals surface area contributed by atoms with E-state index in [0.717, 1.165) is 17.7 Å². The first kappa shape index (κ1) is 20.3. The molecule has 3 rings (SSSR count). The van der Waals surface area contributed by atoms with E-state index in [1.54, 1.807) is 6.07 Å². The molecule has 6 nitrogen and oxygen atoms in total. The number of nitrogens with zero attached hydrogens (tertiary/aromatic N) is 1. The number of para-hydroxylation sites is 3. The number of carbonyl (C=O) groups excluding carboxylic acids is 2. The second kappa shape index (κ2) is 9.19. The quantitative estimate of drug-likeness (QED) is 0.456. The summed E-state index contributed by atoms with van der Waals surface area (Å²) >= 11 is 0. The van der Waals surface area contributed by atoms with Gasteiger partial charge in [-0.25, -0.2) is 9.78 Å². The van der Waals surface area contributed by atoms with Crippen molar-refractivity contribution in [3.63, 3.8) is 0 Å². The Morgan fingerprint density at radius 1 is 1.14 bits per heavy atom. The summed E-state index contributed by atoms with van der Waals surface area (Å²) in [7, 11) is 0. The van der Waals surface area contributed by atoms with Crippen LogP contribution in [-0.4, -0.2) is 23.0 Å². The topological polar surface area (TPSA) is 81.4 Å². The van der Waals surface area contributed by atoms with Crippen LogP contribution in [0.25, 0.3) is 17.2 Å². The van der Waals surface area contributed by atoms with Crippen molar-refractivity contribution in [1.29, 1.82) is 0 Å². The predicted octanol–water partition coefficient (Wildman–Crippen LogP) is 4.92. The number of esters is 1. The van der Waals surface area contributed by atoms with Gasteiger partial charge in [0.25, 0.3) is 5.91 Å². The lowest BCUT2D eigenvalue weighted by atomic mass is 9.97. The summed E-state index contributed by atoms with van der Waals surface area (Å²) < 4.78 is 10.7. The van der Waals surface area contributed by atoms with Crippen molar-refractivity contribution < 1.29 is 18.7 Å². The fraction of sp³-hybridized carbons (Fsp3) is 0.261. The molecule has 0 saturated carbocycles. The molecule has 2 atom stereocenters. The molecule has 1 aromatic heterocycles. The summed E-state index contributed by atoms with van der Waals surface area (Å²) in [6.07, 6.45) is 2.63. The molecule has 0 aliphatic heterocycles. The van der Waals surface area contributed by atoms with Crippen LogP contribution >= 0.6 is 0 Å². The maximum absolute atomic E-state index is 12.5. The van der Waals surface area contributed by atoms with Crippen LogP contribution in [0.2, 0.25) is 0 Å². The van der Waals surface area contributed by atoms with E-state index in [1.807, 2.05) is 42.5 Å². The maximum atomic E-state index is 12.5. The van der Waals surface area contributed by atoms with Crippen LogP contribution < -0.4 is 5.32 Å². The molecule has 2 aromatic carbocycles. The molecule has 0 saturated heterocycles. The van der Waals surface area contributed by atoms with Crippen molar-refractivity contribution in [3.8, 4) is 0 Å². The van der Waals surface area contributed by atoms with E-state index in [1.165, 1.54) is 19.1 Å². The highest BCUT2D eigenvalue weighted by Gasteiger charge is 2.19. The van der Waals surface area contributed by atoms with Crippen molar-refractivity contribution in [2.75, 3.05) is 5.32 Å². The van der Waals surface area contributed by atoms with Crippen LogP contribution in [0.1, 0.15) is 44.6 Å². The van der Waals surface area contributed by atoms with Crippen molar-refractivity contribution in [3.05, 3.63) is 66.1 Å². The number of anilines is 1. The van der Waals surface area contributed by atoms with Gasteiger partial charge in [0.15, 0.2) is 11.7 Å². The molecular formula is C23H24N2O4. The van der Waals surface area contributed by atoms with Gasteiger partial charge in [0.05, 0.1) is 0 Å². The Balaban J connectivity index is 1.60. The van der Waals surface area contributed by atoms with E-state index < -0.39 is 12.1 Å². The molecule has 0 bridgehead atoms. The number of amides is 1. The SMILES string of the molecule is CC[C@@H](C)c1ccccc1NC(=O)[C@@H](C)OC(=O)/C=C/c1nc2ccccc2o1. The number of carbonyl (C=O) groups is 2. The zero-order valence-corrected chi connectivity index (χ0v) is 16.7. The monoisotopic (exact) mass is 392 g/mol. The van der Waals surface area contributed by atoms with Gasteiger partial charge in [-0.2, -0.15) is 0 Å². The third kappa shape index (κ3) is 5.10. The van der Waals surface area contributed by atoms with E-state index in [2.05, 4.69) is 24.1 Å². The number of benzene rings is 2. The smallest absolute Gasteiger partial charge is 0.331 e. The number of hydrogen-bond acceptors (Lipinski definition) is 5. The Morgan fingerprint density at radius 2 is 1.86 bits per heavy atom. The van der Waals surface area contributed by atoms with Crippen LogP contribution in [0.15, 0.2) is 59.0 Å². The highest BCUT2D eigenvalue weighted by molar-refractivity contribution is 5.97. The Kier molecular flexibility index (Phi) is 6.44. The Morgan fingerprint density at radius 3 is 2.62 bits per heavy atom. The third-order valence-corrected chi connectivity index (χ3v) is 4.70. The van der Waals surface area contributed by atoms with Gasteiger partial charge < -0.3 is 14.5 Å². The van der Waals surface area contributed by atoms with E-state index in [4.69, 9.17) is 9.15 Å². The standard InChI is InChI=1S/C23H24N2O4/c1-4-15(2)17-9-5-6-10-18(17)25-23(27)16(3)28-22(26)14-13-21-24-19-11-7-8-12-20(19)29-21/h5-16H,4H2,1-3H3,(H,25,27)/b14-13+/t15-,16-/m1/s1. The first-order valence-corrected chi connectivity index (χ1v) is 9.62. The van der Waals surface area contributed by atoms with Gasteiger partial charge >= 0.3 is 5.97 Å². The molecule has 0 unspecified atom stereocenters. The highest BCUT2D eigenvalue weighted by Crippen LogP contribution is 2.26. The van der Waals surface area contributed by atoms with Gasteiger partial charge in [-0.3, -0.25) is 4.79 Å². The minimum Gasteiger partial charge on any atom is -0.449 e. The average molecular weight is 392 g/mol. The Labute approximate surface area is 169 Å². The molecule has 150 valence electrons. The first-order chi connectivity index (χ1) is 14.0. The minimum absolute atomic E-state index is 0.294. The lowest BCUT2D eigenvalue weighted by molar-refractivity contribution is -0.148. The molecule has 29 heavy (non-hydrogen) atoms. The number of nitrogens with one attached hydrogen (secondary N) is 1. The number of ether oxygens (including phenoxy) is 1.